The van der Waals surface area contributed by atoms with E-state index in [2.05, 4.69) is 27.1 Å². The Kier molecular flexibility index (Phi) is 4.81. The van der Waals surface area contributed by atoms with E-state index in [0.29, 0.717) is 17.7 Å². The molecule has 5 heteroatoms. The van der Waals surface area contributed by atoms with Gasteiger partial charge in [0.2, 0.25) is 0 Å². The van der Waals surface area contributed by atoms with Crippen molar-refractivity contribution in [2.45, 2.75) is 6.54 Å². The first-order valence-corrected chi connectivity index (χ1v) is 6.12. The Bertz CT molecular complexity index is 644. The quantitative estimate of drug-likeness (QED) is 0.802. The summed E-state index contributed by atoms with van der Waals surface area (Å²) in [6, 6.07) is 7.18. The van der Waals surface area contributed by atoms with Crippen molar-refractivity contribution < 1.29 is 4.79 Å². The predicted octanol–water partition coefficient (Wildman–Crippen LogP) is 0.717. The number of carbonyl (C=O) groups is 1. The molecule has 2 aromatic rings. The normalized spacial score (nSPS) is 9.45. The molecule has 0 aliphatic carbocycles. The average Bonchev–Trinajstić information content (AvgIpc) is 2.52. The molecule has 20 heavy (non-hydrogen) atoms. The molecular weight excluding hydrogens is 252 g/mol. The number of pyridine rings is 2. The highest BCUT2D eigenvalue weighted by molar-refractivity contribution is 5.96. The number of hydrogen-bond acceptors (Lipinski definition) is 4. The molecule has 0 bridgehead atoms. The van der Waals surface area contributed by atoms with Crippen LogP contribution in [0.4, 0.5) is 0 Å². The van der Waals surface area contributed by atoms with Crippen LogP contribution in [0.5, 0.6) is 0 Å². The van der Waals surface area contributed by atoms with E-state index < -0.39 is 0 Å². The van der Waals surface area contributed by atoms with E-state index in [9.17, 15) is 4.79 Å². The number of nitrogens with zero attached hydrogens (tertiary/aromatic N) is 2. The van der Waals surface area contributed by atoms with Gasteiger partial charge >= 0.3 is 0 Å². The third kappa shape index (κ3) is 3.64. The van der Waals surface area contributed by atoms with Crippen molar-refractivity contribution in [1.29, 1.82) is 0 Å². The molecule has 3 N–H and O–H groups in total. The van der Waals surface area contributed by atoms with Crippen molar-refractivity contribution in [3.05, 3.63) is 59.7 Å². The molecule has 1 amide bonds. The van der Waals surface area contributed by atoms with Crippen LogP contribution in [0.2, 0.25) is 0 Å². The smallest absolute Gasteiger partial charge is 0.252 e. The first-order valence-electron chi connectivity index (χ1n) is 6.12. The Morgan fingerprint density at radius 1 is 1.30 bits per heavy atom. The molecule has 5 nitrogen and oxygen atoms in total. The number of hydrogen-bond donors (Lipinski definition) is 2. The van der Waals surface area contributed by atoms with E-state index in [1.807, 2.05) is 18.2 Å². The molecule has 0 radical (unpaired) electrons. The first-order chi connectivity index (χ1) is 9.81. The summed E-state index contributed by atoms with van der Waals surface area (Å²) in [7, 11) is 0. The molecule has 2 rings (SSSR count). The number of aromatic nitrogens is 2. The summed E-state index contributed by atoms with van der Waals surface area (Å²) >= 11 is 0. The molecule has 0 saturated carbocycles. The third-order valence-corrected chi connectivity index (χ3v) is 2.55. The Morgan fingerprint density at radius 3 is 2.95 bits per heavy atom. The minimum absolute atomic E-state index is 0.209. The predicted molar refractivity (Wildman–Crippen MR) is 75.6 cm³/mol. The summed E-state index contributed by atoms with van der Waals surface area (Å²) in [4.78, 5) is 20.2. The highest BCUT2D eigenvalue weighted by atomic mass is 16.1. The van der Waals surface area contributed by atoms with Crippen LogP contribution in [0.1, 0.15) is 21.6 Å². The fraction of sp³-hybridized carbons (Fsp3) is 0.133. The molecule has 0 saturated heterocycles. The zero-order valence-electron chi connectivity index (χ0n) is 10.8. The van der Waals surface area contributed by atoms with Gasteiger partial charge in [-0.3, -0.25) is 14.8 Å². The third-order valence-electron chi connectivity index (χ3n) is 2.55. The summed E-state index contributed by atoms with van der Waals surface area (Å²) < 4.78 is 0. The molecule has 0 aliphatic rings. The van der Waals surface area contributed by atoms with Gasteiger partial charge < -0.3 is 11.1 Å². The summed E-state index contributed by atoms with van der Waals surface area (Å²) in [5, 5.41) is 2.80. The molecule has 0 atom stereocenters. The van der Waals surface area contributed by atoms with Gasteiger partial charge in [0.25, 0.3) is 5.91 Å². The molecule has 100 valence electrons. The van der Waals surface area contributed by atoms with Gasteiger partial charge in [-0.25, -0.2) is 0 Å². The molecule has 2 aromatic heterocycles. The van der Waals surface area contributed by atoms with Gasteiger partial charge in [0, 0.05) is 18.6 Å². The second kappa shape index (κ2) is 7.02. The van der Waals surface area contributed by atoms with Crippen LogP contribution in [0.3, 0.4) is 0 Å². The number of nitrogens with one attached hydrogen (secondary N) is 1. The molecule has 2 heterocycles. The van der Waals surface area contributed by atoms with Gasteiger partial charge in [0.1, 0.15) is 0 Å². The van der Waals surface area contributed by atoms with Gasteiger partial charge in [0.05, 0.1) is 29.9 Å². The Balaban J connectivity index is 2.09. The molecule has 0 aliphatic heterocycles. The van der Waals surface area contributed by atoms with Crippen molar-refractivity contribution in [3.8, 4) is 11.8 Å². The Morgan fingerprint density at radius 2 is 2.20 bits per heavy atom. The lowest BCUT2D eigenvalue weighted by Crippen LogP contribution is -2.24. The molecule has 0 fully saturated rings. The average molecular weight is 266 g/mol. The zero-order chi connectivity index (χ0) is 14.2. The SMILES string of the molecule is NCC#Cc1cnccc1C(=O)NCc1ccccn1. The minimum atomic E-state index is -0.209. The number of carbonyl (C=O) groups excluding carboxylic acids is 1. The maximum atomic E-state index is 12.1. The van der Waals surface area contributed by atoms with Crippen molar-refractivity contribution in [2.24, 2.45) is 5.73 Å². The maximum absolute atomic E-state index is 12.1. The van der Waals surface area contributed by atoms with E-state index in [-0.39, 0.29) is 12.5 Å². The summed E-state index contributed by atoms with van der Waals surface area (Å²) in [5.74, 6) is 5.35. The molecular formula is C15H14N4O. The standard InChI is InChI=1S/C15H14N4O/c16-7-3-4-12-10-17-9-6-14(12)15(20)19-11-13-5-1-2-8-18-13/h1-2,5-6,8-10H,7,11,16H2,(H,19,20). The second-order valence-electron chi connectivity index (χ2n) is 3.93. The van der Waals surface area contributed by atoms with Gasteiger partial charge in [-0.15, -0.1) is 0 Å². The van der Waals surface area contributed by atoms with Crippen molar-refractivity contribution in [2.75, 3.05) is 6.54 Å². The van der Waals surface area contributed by atoms with Gasteiger partial charge in [-0.1, -0.05) is 17.9 Å². The lowest BCUT2D eigenvalue weighted by Gasteiger charge is -2.06. The summed E-state index contributed by atoms with van der Waals surface area (Å²) in [5.41, 5.74) is 7.18. The highest BCUT2D eigenvalue weighted by Gasteiger charge is 2.09. The van der Waals surface area contributed by atoms with Crippen LogP contribution in [0, 0.1) is 11.8 Å². The second-order valence-corrected chi connectivity index (χ2v) is 3.93. The zero-order valence-corrected chi connectivity index (χ0v) is 10.8. The maximum Gasteiger partial charge on any atom is 0.252 e. The van der Waals surface area contributed by atoms with E-state index in [1.54, 1.807) is 24.7 Å². The number of rotatable bonds is 3. The van der Waals surface area contributed by atoms with E-state index in [4.69, 9.17) is 5.73 Å². The van der Waals surface area contributed by atoms with Gasteiger partial charge in [0.15, 0.2) is 0 Å². The van der Waals surface area contributed by atoms with Crippen LogP contribution < -0.4 is 11.1 Å². The Labute approximate surface area is 117 Å². The van der Waals surface area contributed by atoms with Crippen LogP contribution in [0.15, 0.2) is 42.9 Å². The summed E-state index contributed by atoms with van der Waals surface area (Å²) in [6.07, 6.45) is 4.80. The molecule has 0 aromatic carbocycles. The lowest BCUT2D eigenvalue weighted by molar-refractivity contribution is 0.0950. The largest absolute Gasteiger partial charge is 0.346 e. The number of amides is 1. The fourth-order valence-electron chi connectivity index (χ4n) is 1.61. The topological polar surface area (TPSA) is 80.9 Å². The van der Waals surface area contributed by atoms with E-state index in [1.165, 1.54) is 0 Å². The van der Waals surface area contributed by atoms with Crippen molar-refractivity contribution in [1.82, 2.24) is 15.3 Å². The minimum Gasteiger partial charge on any atom is -0.346 e. The van der Waals surface area contributed by atoms with E-state index >= 15 is 0 Å². The monoisotopic (exact) mass is 266 g/mol. The van der Waals surface area contributed by atoms with Gasteiger partial charge in [-0.05, 0) is 18.2 Å². The molecule has 0 spiro atoms. The van der Waals surface area contributed by atoms with E-state index in [0.717, 1.165) is 5.69 Å². The fourth-order valence-corrected chi connectivity index (χ4v) is 1.61. The van der Waals surface area contributed by atoms with Crippen LogP contribution >= 0.6 is 0 Å². The highest BCUT2D eigenvalue weighted by Crippen LogP contribution is 2.05. The number of nitrogens with two attached hydrogens (primary N) is 1. The van der Waals surface area contributed by atoms with Gasteiger partial charge in [-0.2, -0.15) is 0 Å². The van der Waals surface area contributed by atoms with Crippen LogP contribution in [-0.4, -0.2) is 22.4 Å². The van der Waals surface area contributed by atoms with Crippen LogP contribution in [-0.2, 0) is 6.54 Å². The van der Waals surface area contributed by atoms with Crippen molar-refractivity contribution >= 4 is 5.91 Å². The lowest BCUT2D eigenvalue weighted by atomic mass is 10.1. The summed E-state index contributed by atoms with van der Waals surface area (Å²) in [6.45, 7) is 0.607. The Hall–Kier alpha value is -2.71. The van der Waals surface area contributed by atoms with Crippen LogP contribution in [0.25, 0.3) is 0 Å². The first kappa shape index (κ1) is 13.7. The molecule has 0 unspecified atom stereocenters. The van der Waals surface area contributed by atoms with Crippen molar-refractivity contribution in [3.63, 3.8) is 0 Å².